The largest absolute Gasteiger partial charge is 0.490 e. The minimum absolute atomic E-state index is 0.198. The molecule has 0 unspecified atom stereocenters. The second kappa shape index (κ2) is 7.93. The van der Waals surface area contributed by atoms with Crippen molar-refractivity contribution >= 4 is 15.9 Å². The van der Waals surface area contributed by atoms with Gasteiger partial charge in [0.05, 0.1) is 19.3 Å². The van der Waals surface area contributed by atoms with Gasteiger partial charge in [-0.15, -0.1) is 0 Å². The summed E-state index contributed by atoms with van der Waals surface area (Å²) in [6.07, 6.45) is 2.36. The lowest BCUT2D eigenvalue weighted by molar-refractivity contribution is 0.315. The normalized spacial score (nSPS) is 10.5. The lowest BCUT2D eigenvalue weighted by atomic mass is 10.2. The molecule has 1 aromatic heterocycles. The Morgan fingerprint density at radius 2 is 1.58 bits per heavy atom. The van der Waals surface area contributed by atoms with E-state index >= 15 is 0 Å². The van der Waals surface area contributed by atoms with E-state index in [1.54, 1.807) is 6.20 Å². The fraction of sp³-hybridized carbons (Fsp3) is 0.158. The van der Waals surface area contributed by atoms with Crippen LogP contribution in [0.3, 0.4) is 0 Å². The van der Waals surface area contributed by atoms with Gasteiger partial charge in [0.25, 0.3) is 5.56 Å². The first-order chi connectivity index (χ1) is 11.7. The molecule has 24 heavy (non-hydrogen) atoms. The fourth-order valence-corrected chi connectivity index (χ4v) is 2.76. The number of hydrogen-bond donors (Lipinski definition) is 0. The highest BCUT2D eigenvalue weighted by molar-refractivity contribution is 9.10. The van der Waals surface area contributed by atoms with Gasteiger partial charge in [-0.3, -0.25) is 4.79 Å². The van der Waals surface area contributed by atoms with E-state index < -0.39 is 0 Å². The quantitative estimate of drug-likeness (QED) is 0.650. The fourth-order valence-electron chi connectivity index (χ4n) is 2.34. The van der Waals surface area contributed by atoms with Gasteiger partial charge in [0.15, 0.2) is 5.75 Å². The zero-order chi connectivity index (χ0) is 16.8. The van der Waals surface area contributed by atoms with Crippen LogP contribution in [-0.2, 0) is 13.0 Å². The highest BCUT2D eigenvalue weighted by atomic mass is 79.9. The van der Waals surface area contributed by atoms with Crippen LogP contribution in [0.5, 0.6) is 5.75 Å². The second-order valence-electron chi connectivity index (χ2n) is 5.36. The summed E-state index contributed by atoms with van der Waals surface area (Å²) in [5.41, 5.74) is 2.02. The SMILES string of the molecule is O=c1c(Br)c(OCCc2ccccc2)cnn1Cc1ccccc1. The van der Waals surface area contributed by atoms with E-state index in [4.69, 9.17) is 4.74 Å². The molecule has 0 saturated carbocycles. The molecule has 0 amide bonds. The summed E-state index contributed by atoms with van der Waals surface area (Å²) in [4.78, 5) is 12.4. The van der Waals surface area contributed by atoms with Crippen LogP contribution in [0.25, 0.3) is 0 Å². The van der Waals surface area contributed by atoms with Gasteiger partial charge in [0.1, 0.15) is 4.47 Å². The summed E-state index contributed by atoms with van der Waals surface area (Å²) < 4.78 is 7.53. The van der Waals surface area contributed by atoms with Gasteiger partial charge in [-0.05, 0) is 27.1 Å². The first kappa shape index (κ1) is 16.5. The number of ether oxygens (including phenoxy) is 1. The zero-order valence-corrected chi connectivity index (χ0v) is 14.6. The molecule has 0 N–H and O–H groups in total. The van der Waals surface area contributed by atoms with Crippen molar-refractivity contribution in [3.05, 3.63) is 92.8 Å². The van der Waals surface area contributed by atoms with Crippen LogP contribution in [0.1, 0.15) is 11.1 Å². The van der Waals surface area contributed by atoms with Crippen molar-refractivity contribution in [2.45, 2.75) is 13.0 Å². The number of aromatic nitrogens is 2. The number of nitrogens with zero attached hydrogens (tertiary/aromatic N) is 2. The molecule has 0 fully saturated rings. The Labute approximate surface area is 148 Å². The Hall–Kier alpha value is -2.40. The summed E-state index contributed by atoms with van der Waals surface area (Å²) in [6.45, 7) is 0.926. The van der Waals surface area contributed by atoms with Crippen molar-refractivity contribution in [1.82, 2.24) is 9.78 Å². The predicted octanol–water partition coefficient (Wildman–Crippen LogP) is 3.68. The molecule has 0 atom stereocenters. The van der Waals surface area contributed by atoms with Gasteiger partial charge in [0.2, 0.25) is 0 Å². The summed E-state index contributed by atoms with van der Waals surface area (Å²) in [5.74, 6) is 0.472. The van der Waals surface area contributed by atoms with Crippen LogP contribution in [0.2, 0.25) is 0 Å². The molecule has 5 heteroatoms. The van der Waals surface area contributed by atoms with Gasteiger partial charge in [-0.1, -0.05) is 60.7 Å². The van der Waals surface area contributed by atoms with Crippen LogP contribution < -0.4 is 10.3 Å². The van der Waals surface area contributed by atoms with Crippen LogP contribution >= 0.6 is 15.9 Å². The molecule has 3 rings (SSSR count). The third-order valence-corrected chi connectivity index (χ3v) is 4.35. The van der Waals surface area contributed by atoms with Gasteiger partial charge in [-0.2, -0.15) is 5.10 Å². The summed E-state index contributed by atoms with van der Waals surface area (Å²) in [7, 11) is 0. The maximum absolute atomic E-state index is 12.4. The van der Waals surface area contributed by atoms with Gasteiger partial charge in [-0.25, -0.2) is 4.68 Å². The number of halogens is 1. The molecule has 0 saturated heterocycles. The minimum Gasteiger partial charge on any atom is -0.490 e. The Balaban J connectivity index is 1.67. The van der Waals surface area contributed by atoms with Crippen LogP contribution in [0.4, 0.5) is 0 Å². The third kappa shape index (κ3) is 4.11. The van der Waals surface area contributed by atoms with E-state index in [0.717, 1.165) is 12.0 Å². The van der Waals surface area contributed by atoms with E-state index in [9.17, 15) is 4.79 Å². The van der Waals surface area contributed by atoms with Crippen molar-refractivity contribution < 1.29 is 4.74 Å². The molecule has 122 valence electrons. The van der Waals surface area contributed by atoms with E-state index in [2.05, 4.69) is 33.2 Å². The molecule has 2 aromatic carbocycles. The Morgan fingerprint density at radius 1 is 0.958 bits per heavy atom. The molecule has 0 aliphatic rings. The molecule has 0 radical (unpaired) electrons. The molecule has 0 aliphatic heterocycles. The van der Waals surface area contributed by atoms with Crippen molar-refractivity contribution in [1.29, 1.82) is 0 Å². The Bertz CT molecular complexity index is 848. The van der Waals surface area contributed by atoms with E-state index in [0.29, 0.717) is 23.4 Å². The van der Waals surface area contributed by atoms with Crippen molar-refractivity contribution in [3.8, 4) is 5.75 Å². The molecule has 1 heterocycles. The smallest absolute Gasteiger partial charge is 0.285 e. The predicted molar refractivity (Wildman–Crippen MR) is 97.4 cm³/mol. The molecular weight excluding hydrogens is 368 g/mol. The third-order valence-electron chi connectivity index (χ3n) is 3.62. The molecule has 0 bridgehead atoms. The summed E-state index contributed by atoms with van der Waals surface area (Å²) >= 11 is 3.33. The monoisotopic (exact) mass is 384 g/mol. The summed E-state index contributed by atoms with van der Waals surface area (Å²) in [5, 5.41) is 4.21. The van der Waals surface area contributed by atoms with Crippen LogP contribution in [0.15, 0.2) is 76.1 Å². The number of rotatable bonds is 6. The van der Waals surface area contributed by atoms with Crippen LogP contribution in [0, 0.1) is 0 Å². The molecule has 0 spiro atoms. The topological polar surface area (TPSA) is 44.1 Å². The standard InChI is InChI=1S/C19H17BrN2O2/c20-18-17(24-12-11-15-7-3-1-4-8-15)13-21-22(19(18)23)14-16-9-5-2-6-10-16/h1-10,13H,11-12,14H2. The first-order valence-corrected chi connectivity index (χ1v) is 8.49. The van der Waals surface area contributed by atoms with Crippen molar-refractivity contribution in [2.24, 2.45) is 0 Å². The molecule has 0 aliphatic carbocycles. The lowest BCUT2D eigenvalue weighted by Crippen LogP contribution is -2.24. The average Bonchev–Trinajstić information content (AvgIpc) is 2.63. The van der Waals surface area contributed by atoms with E-state index in [1.165, 1.54) is 10.2 Å². The lowest BCUT2D eigenvalue weighted by Gasteiger charge is -2.10. The summed E-state index contributed by atoms with van der Waals surface area (Å²) in [6, 6.07) is 19.8. The van der Waals surface area contributed by atoms with Gasteiger partial charge >= 0.3 is 0 Å². The maximum Gasteiger partial charge on any atom is 0.285 e. The zero-order valence-electron chi connectivity index (χ0n) is 13.1. The molecule has 4 nitrogen and oxygen atoms in total. The number of benzene rings is 2. The Kier molecular flexibility index (Phi) is 5.43. The highest BCUT2D eigenvalue weighted by Crippen LogP contribution is 2.19. The van der Waals surface area contributed by atoms with E-state index in [1.807, 2.05) is 48.5 Å². The Morgan fingerprint density at radius 3 is 2.25 bits per heavy atom. The number of hydrogen-bond acceptors (Lipinski definition) is 3. The van der Waals surface area contributed by atoms with Gasteiger partial charge < -0.3 is 4.74 Å². The van der Waals surface area contributed by atoms with Gasteiger partial charge in [0, 0.05) is 6.42 Å². The van der Waals surface area contributed by atoms with Crippen LogP contribution in [-0.4, -0.2) is 16.4 Å². The maximum atomic E-state index is 12.4. The average molecular weight is 385 g/mol. The first-order valence-electron chi connectivity index (χ1n) is 7.70. The molecular formula is C19H17BrN2O2. The van der Waals surface area contributed by atoms with Crippen molar-refractivity contribution in [2.75, 3.05) is 6.61 Å². The minimum atomic E-state index is -0.198. The van der Waals surface area contributed by atoms with E-state index in [-0.39, 0.29) is 5.56 Å². The van der Waals surface area contributed by atoms with Crippen molar-refractivity contribution in [3.63, 3.8) is 0 Å². The molecule has 3 aromatic rings. The second-order valence-corrected chi connectivity index (χ2v) is 6.15. The highest BCUT2D eigenvalue weighted by Gasteiger charge is 2.10.